The molecule has 2 aliphatic rings. The lowest BCUT2D eigenvalue weighted by Gasteiger charge is -2.47. The van der Waals surface area contributed by atoms with E-state index in [0.29, 0.717) is 6.29 Å². The summed E-state index contributed by atoms with van der Waals surface area (Å²) < 4.78 is 32.6. The van der Waals surface area contributed by atoms with Gasteiger partial charge in [0.15, 0.2) is 0 Å². The number of hydrogen-bond donors (Lipinski definition) is 0. The van der Waals surface area contributed by atoms with Gasteiger partial charge in [-0.25, -0.2) is 8.78 Å². The molecule has 1 heterocycles. The maximum Gasteiger partial charge on any atom is 0.310 e. The van der Waals surface area contributed by atoms with Crippen LogP contribution in [0, 0.1) is 23.2 Å². The van der Waals surface area contributed by atoms with E-state index in [0.717, 1.165) is 0 Å². The first-order valence-corrected chi connectivity index (χ1v) is 5.78. The first kappa shape index (κ1) is 12.5. The van der Waals surface area contributed by atoms with E-state index in [9.17, 15) is 18.4 Å². The Morgan fingerprint density at radius 2 is 2.00 bits per heavy atom. The maximum absolute atomic E-state index is 13.8. The van der Waals surface area contributed by atoms with E-state index >= 15 is 0 Å². The van der Waals surface area contributed by atoms with Crippen LogP contribution in [-0.2, 0) is 14.3 Å². The van der Waals surface area contributed by atoms with Crippen LogP contribution in [0.4, 0.5) is 8.78 Å². The number of carbonyl (C=O) groups excluding carboxylic acids is 2. The van der Waals surface area contributed by atoms with Crippen molar-refractivity contribution >= 4 is 12.3 Å². The van der Waals surface area contributed by atoms with Crippen LogP contribution in [0.2, 0.25) is 0 Å². The smallest absolute Gasteiger partial charge is 0.310 e. The lowest BCUT2D eigenvalue weighted by Crippen LogP contribution is -2.54. The number of carbonyl (C=O) groups is 2. The fourth-order valence-corrected chi connectivity index (χ4v) is 3.25. The molecule has 0 aromatic rings. The molecular formula is C12H16F2O3. The second kappa shape index (κ2) is 3.50. The number of alkyl halides is 2. The molecular weight excluding hydrogens is 230 g/mol. The first-order chi connectivity index (χ1) is 7.75. The van der Waals surface area contributed by atoms with Crippen LogP contribution in [0.25, 0.3) is 0 Å². The van der Waals surface area contributed by atoms with E-state index in [2.05, 4.69) is 0 Å². The van der Waals surface area contributed by atoms with Gasteiger partial charge >= 0.3 is 5.97 Å². The Morgan fingerprint density at radius 3 is 2.53 bits per heavy atom. The predicted octanol–water partition coefficient (Wildman–Crippen LogP) is 2.04. The summed E-state index contributed by atoms with van der Waals surface area (Å²) in [7, 11) is 0. The molecule has 96 valence electrons. The molecule has 0 unspecified atom stereocenters. The van der Waals surface area contributed by atoms with Gasteiger partial charge in [-0.2, -0.15) is 0 Å². The van der Waals surface area contributed by atoms with Gasteiger partial charge in [0.25, 0.3) is 5.92 Å². The van der Waals surface area contributed by atoms with E-state index in [4.69, 9.17) is 4.74 Å². The molecule has 2 fully saturated rings. The Kier molecular flexibility index (Phi) is 2.56. The predicted molar refractivity (Wildman–Crippen MR) is 55.4 cm³/mol. The standard InChI is InChI=1S/C12H16F2O3/c1-6-9(5-15)11(3)7(2)17-10(16)8(11)4-12(6,13)14/h5-9H,4H2,1-3H3/t6-,7+,8-,9-,11+/m0/s1. The van der Waals surface area contributed by atoms with Gasteiger partial charge in [-0.05, 0) is 6.92 Å². The van der Waals surface area contributed by atoms with Gasteiger partial charge in [0.2, 0.25) is 0 Å². The minimum atomic E-state index is -2.99. The maximum atomic E-state index is 13.8. The van der Waals surface area contributed by atoms with Gasteiger partial charge < -0.3 is 9.53 Å². The quantitative estimate of drug-likeness (QED) is 0.525. The fraction of sp³-hybridized carbons (Fsp3) is 0.833. The van der Waals surface area contributed by atoms with E-state index in [1.165, 1.54) is 6.92 Å². The van der Waals surface area contributed by atoms with E-state index < -0.39 is 47.6 Å². The molecule has 0 bridgehead atoms. The molecule has 3 nitrogen and oxygen atoms in total. The van der Waals surface area contributed by atoms with Gasteiger partial charge in [0.05, 0.1) is 5.92 Å². The lowest BCUT2D eigenvalue weighted by molar-refractivity contribution is -0.170. The molecule has 0 N–H and O–H groups in total. The molecule has 0 spiro atoms. The first-order valence-electron chi connectivity index (χ1n) is 5.78. The lowest BCUT2D eigenvalue weighted by atomic mass is 9.56. The summed E-state index contributed by atoms with van der Waals surface area (Å²) in [6.07, 6.45) is -0.449. The van der Waals surface area contributed by atoms with E-state index in [-0.39, 0.29) is 0 Å². The molecule has 0 aromatic carbocycles. The number of esters is 1. The number of halogens is 2. The van der Waals surface area contributed by atoms with Crippen LogP contribution < -0.4 is 0 Å². The summed E-state index contributed by atoms with van der Waals surface area (Å²) in [6.45, 7) is 4.75. The van der Waals surface area contributed by atoms with Gasteiger partial charge in [-0.15, -0.1) is 0 Å². The number of hydrogen-bond acceptors (Lipinski definition) is 3. The molecule has 17 heavy (non-hydrogen) atoms. The molecule has 5 heteroatoms. The number of cyclic esters (lactones) is 1. The summed E-state index contributed by atoms with van der Waals surface area (Å²) >= 11 is 0. The zero-order valence-electron chi connectivity index (χ0n) is 10.1. The van der Waals surface area contributed by atoms with Crippen LogP contribution in [0.3, 0.4) is 0 Å². The highest BCUT2D eigenvalue weighted by atomic mass is 19.3. The van der Waals surface area contributed by atoms with Crippen molar-refractivity contribution in [2.45, 2.75) is 39.2 Å². The monoisotopic (exact) mass is 246 g/mol. The molecule has 2 rings (SSSR count). The molecule has 1 aliphatic carbocycles. The van der Waals surface area contributed by atoms with Crippen molar-refractivity contribution in [3.63, 3.8) is 0 Å². The zero-order chi connectivity index (χ0) is 13.0. The molecule has 1 saturated carbocycles. The summed E-state index contributed by atoms with van der Waals surface area (Å²) in [5.41, 5.74) is -0.806. The number of rotatable bonds is 1. The van der Waals surface area contributed by atoms with Crippen LogP contribution in [-0.4, -0.2) is 24.3 Å². The Hall–Kier alpha value is -1.00. The second-order valence-corrected chi connectivity index (χ2v) is 5.41. The van der Waals surface area contributed by atoms with Gasteiger partial charge in [0, 0.05) is 23.7 Å². The van der Waals surface area contributed by atoms with Crippen LogP contribution in [0.15, 0.2) is 0 Å². The van der Waals surface area contributed by atoms with Gasteiger partial charge in [-0.3, -0.25) is 4.79 Å². The third-order valence-corrected chi connectivity index (χ3v) is 4.75. The van der Waals surface area contributed by atoms with Crippen molar-refractivity contribution in [1.82, 2.24) is 0 Å². The van der Waals surface area contributed by atoms with Gasteiger partial charge in [0.1, 0.15) is 12.4 Å². The number of fused-ring (bicyclic) bond motifs is 1. The van der Waals surface area contributed by atoms with Crippen molar-refractivity contribution in [1.29, 1.82) is 0 Å². The van der Waals surface area contributed by atoms with Crippen LogP contribution in [0.5, 0.6) is 0 Å². The molecule has 0 amide bonds. The van der Waals surface area contributed by atoms with Crippen molar-refractivity contribution in [3.05, 3.63) is 0 Å². The third-order valence-electron chi connectivity index (χ3n) is 4.75. The topological polar surface area (TPSA) is 43.4 Å². The normalized spacial score (nSPS) is 48.4. The highest BCUT2D eigenvalue weighted by molar-refractivity contribution is 5.78. The van der Waals surface area contributed by atoms with Crippen LogP contribution >= 0.6 is 0 Å². The average molecular weight is 246 g/mol. The summed E-state index contributed by atoms with van der Waals surface area (Å²) in [5.74, 6) is -6.37. The molecule has 1 aliphatic heterocycles. The fourth-order valence-electron chi connectivity index (χ4n) is 3.25. The zero-order valence-corrected chi connectivity index (χ0v) is 10.1. The summed E-state index contributed by atoms with van der Waals surface area (Å²) in [4.78, 5) is 22.8. The van der Waals surface area contributed by atoms with Crippen molar-refractivity contribution in [3.8, 4) is 0 Å². The van der Waals surface area contributed by atoms with E-state index in [1.807, 2.05) is 0 Å². The van der Waals surface area contributed by atoms with Gasteiger partial charge in [-0.1, -0.05) is 13.8 Å². The Bertz CT molecular complexity index is 369. The Morgan fingerprint density at radius 1 is 1.41 bits per heavy atom. The Balaban J connectivity index is 2.48. The number of ether oxygens (including phenoxy) is 1. The summed E-state index contributed by atoms with van der Waals surface area (Å²) in [5, 5.41) is 0. The van der Waals surface area contributed by atoms with Crippen molar-refractivity contribution in [2.75, 3.05) is 0 Å². The van der Waals surface area contributed by atoms with Crippen molar-refractivity contribution < 1.29 is 23.1 Å². The number of aldehydes is 1. The Labute approximate surface area is 98.5 Å². The second-order valence-electron chi connectivity index (χ2n) is 5.41. The third kappa shape index (κ3) is 1.44. The SMILES string of the molecule is C[C@H]1[C@H](C=O)[C@]2(C)[C@@H](C)OC(=O)[C@@H]2CC1(F)F. The molecule has 0 aromatic heterocycles. The highest BCUT2D eigenvalue weighted by Crippen LogP contribution is 2.58. The van der Waals surface area contributed by atoms with Crippen LogP contribution in [0.1, 0.15) is 27.2 Å². The minimum Gasteiger partial charge on any atom is -0.462 e. The van der Waals surface area contributed by atoms with Crippen molar-refractivity contribution in [2.24, 2.45) is 23.2 Å². The highest BCUT2D eigenvalue weighted by Gasteiger charge is 2.66. The molecule has 0 radical (unpaired) electrons. The molecule has 5 atom stereocenters. The van der Waals surface area contributed by atoms with E-state index in [1.54, 1.807) is 13.8 Å². The average Bonchev–Trinajstić information content (AvgIpc) is 2.43. The minimum absolute atomic E-state index is 0.492. The summed E-state index contributed by atoms with van der Waals surface area (Å²) in [6, 6.07) is 0. The largest absolute Gasteiger partial charge is 0.462 e. The molecule has 1 saturated heterocycles.